The molecule has 0 radical (unpaired) electrons. The molecule has 15 heavy (non-hydrogen) atoms. The lowest BCUT2D eigenvalue weighted by molar-refractivity contribution is -0.149. The van der Waals surface area contributed by atoms with Crippen LogP contribution in [-0.4, -0.2) is 40.0 Å². The van der Waals surface area contributed by atoms with Crippen molar-refractivity contribution in [2.24, 2.45) is 5.92 Å². The zero-order chi connectivity index (χ0) is 12.0. The van der Waals surface area contributed by atoms with E-state index in [-0.39, 0.29) is 10.1 Å². The van der Waals surface area contributed by atoms with Crippen LogP contribution in [-0.2, 0) is 4.79 Å². The first kappa shape index (κ1) is 13.1. The number of carbonyl (C=O) groups is 1. The highest BCUT2D eigenvalue weighted by atomic mass is 32.2. The molecule has 0 aromatic rings. The van der Waals surface area contributed by atoms with E-state index in [1.807, 2.05) is 6.92 Å². The monoisotopic (exact) mass is 248 g/mol. The van der Waals surface area contributed by atoms with Crippen LogP contribution in [0.5, 0.6) is 0 Å². The van der Waals surface area contributed by atoms with Gasteiger partial charge in [-0.05, 0) is 6.92 Å². The summed E-state index contributed by atoms with van der Waals surface area (Å²) in [4.78, 5) is 11.4. The molecule has 2 N–H and O–H groups in total. The van der Waals surface area contributed by atoms with Crippen LogP contribution in [0, 0.1) is 5.92 Å². The molecule has 0 aromatic carbocycles. The third-order valence-electron chi connectivity index (χ3n) is 3.23. The van der Waals surface area contributed by atoms with E-state index in [0.717, 1.165) is 0 Å². The van der Waals surface area contributed by atoms with Crippen molar-refractivity contribution in [2.75, 3.05) is 0 Å². The normalized spacial score (nSPS) is 41.9. The number of aliphatic hydroxyl groups is 1. The van der Waals surface area contributed by atoms with Crippen molar-refractivity contribution in [3.8, 4) is 0 Å². The first-order chi connectivity index (χ1) is 6.58. The maximum atomic E-state index is 11.3. The smallest absolute Gasteiger partial charge is 0.310 e. The Kier molecular flexibility index (Phi) is 3.30. The molecule has 3 nitrogen and oxygen atoms in total. The van der Waals surface area contributed by atoms with E-state index in [2.05, 4.69) is 19.6 Å². The molecule has 88 valence electrons. The molecule has 0 aromatic heterocycles. The summed E-state index contributed by atoms with van der Waals surface area (Å²) in [6.07, 6.45) is 0. The summed E-state index contributed by atoms with van der Waals surface area (Å²) in [6, 6.07) is 0. The zero-order valence-corrected chi connectivity index (χ0v) is 11.8. The third kappa shape index (κ3) is 2.24. The second-order valence-corrected chi connectivity index (χ2v) is 12.9. The fourth-order valence-corrected chi connectivity index (χ4v) is 7.22. The summed E-state index contributed by atoms with van der Waals surface area (Å²) < 4.78 is 0. The van der Waals surface area contributed by atoms with Crippen LogP contribution >= 0.6 is 11.8 Å². The molecule has 4 atom stereocenters. The minimum Gasteiger partial charge on any atom is -0.481 e. The van der Waals surface area contributed by atoms with Gasteiger partial charge in [0.25, 0.3) is 0 Å². The van der Waals surface area contributed by atoms with Crippen molar-refractivity contribution in [1.82, 2.24) is 0 Å². The SMILES string of the molecule is CC1SC([Si](C)(C)C)C(C(=O)O)C1(C)O. The molecule has 0 aliphatic carbocycles. The molecule has 0 bridgehead atoms. The molecule has 0 amide bonds. The van der Waals surface area contributed by atoms with E-state index in [9.17, 15) is 15.0 Å². The number of hydrogen-bond donors (Lipinski definition) is 2. The molecule has 0 spiro atoms. The molecule has 1 aliphatic heterocycles. The minimum absolute atomic E-state index is 0.00433. The lowest BCUT2D eigenvalue weighted by Gasteiger charge is -2.31. The van der Waals surface area contributed by atoms with Crippen LogP contribution < -0.4 is 0 Å². The fraction of sp³-hybridized carbons (Fsp3) is 0.900. The second-order valence-electron chi connectivity index (χ2n) is 5.61. The van der Waals surface area contributed by atoms with Gasteiger partial charge in [-0.15, -0.1) is 0 Å². The fourth-order valence-electron chi connectivity index (χ4n) is 2.08. The number of carboxylic acid groups (broad SMARTS) is 1. The third-order valence-corrected chi connectivity index (χ3v) is 9.25. The van der Waals surface area contributed by atoms with Gasteiger partial charge >= 0.3 is 5.97 Å². The van der Waals surface area contributed by atoms with Gasteiger partial charge in [0.1, 0.15) is 0 Å². The van der Waals surface area contributed by atoms with Crippen molar-refractivity contribution in [3.05, 3.63) is 0 Å². The average Bonchev–Trinajstić information content (AvgIpc) is 2.21. The Balaban J connectivity index is 3.07. The van der Waals surface area contributed by atoms with E-state index >= 15 is 0 Å². The molecule has 1 aliphatic rings. The summed E-state index contributed by atoms with van der Waals surface area (Å²) in [5.74, 6) is -1.48. The van der Waals surface area contributed by atoms with Crippen LogP contribution in [0.4, 0.5) is 0 Å². The number of carboxylic acids is 1. The van der Waals surface area contributed by atoms with E-state index in [1.54, 1.807) is 18.7 Å². The molecule has 1 heterocycles. The van der Waals surface area contributed by atoms with Gasteiger partial charge in [0, 0.05) is 10.1 Å². The second kappa shape index (κ2) is 3.78. The van der Waals surface area contributed by atoms with Crippen molar-refractivity contribution < 1.29 is 15.0 Å². The van der Waals surface area contributed by atoms with Gasteiger partial charge in [-0.3, -0.25) is 4.79 Å². The highest BCUT2D eigenvalue weighted by Crippen LogP contribution is 2.49. The van der Waals surface area contributed by atoms with Crippen molar-refractivity contribution in [2.45, 2.75) is 49.2 Å². The molecule has 4 unspecified atom stereocenters. The summed E-state index contributed by atoms with van der Waals surface area (Å²) >= 11 is 1.65. The van der Waals surface area contributed by atoms with Crippen LogP contribution in [0.15, 0.2) is 0 Å². The zero-order valence-electron chi connectivity index (χ0n) is 9.94. The summed E-state index contributed by atoms with van der Waals surface area (Å²) in [6.45, 7) is 10.1. The molecule has 1 fully saturated rings. The lowest BCUT2D eigenvalue weighted by atomic mass is 9.88. The maximum Gasteiger partial charge on any atom is 0.310 e. The highest BCUT2D eigenvalue weighted by Gasteiger charge is 2.57. The molecular weight excluding hydrogens is 228 g/mol. The largest absolute Gasteiger partial charge is 0.481 e. The number of rotatable bonds is 2. The first-order valence-corrected chi connectivity index (χ1v) is 9.71. The molecule has 5 heteroatoms. The first-order valence-electron chi connectivity index (χ1n) is 5.19. The molecule has 0 saturated carbocycles. The quantitative estimate of drug-likeness (QED) is 0.732. The van der Waals surface area contributed by atoms with Crippen LogP contribution in [0.1, 0.15) is 13.8 Å². The van der Waals surface area contributed by atoms with Crippen LogP contribution in [0.2, 0.25) is 19.6 Å². The predicted octanol–water partition coefficient (Wildman–Crippen LogP) is 1.82. The van der Waals surface area contributed by atoms with Gasteiger partial charge in [-0.2, -0.15) is 11.8 Å². The minimum atomic E-state index is -1.56. The standard InChI is InChI=1S/C10H20O3SSi/c1-6-10(2,13)7(8(11)12)9(14-6)15(3,4)5/h6-7,9,13H,1-5H3,(H,11,12). The van der Waals surface area contributed by atoms with Gasteiger partial charge in [0.05, 0.1) is 19.6 Å². The van der Waals surface area contributed by atoms with Gasteiger partial charge in [0.15, 0.2) is 0 Å². The number of aliphatic carboxylic acids is 1. The van der Waals surface area contributed by atoms with Crippen molar-refractivity contribution >= 4 is 25.8 Å². The Morgan fingerprint density at radius 1 is 1.40 bits per heavy atom. The Hall–Kier alpha value is -0.00312. The lowest BCUT2D eigenvalue weighted by Crippen LogP contribution is -2.50. The van der Waals surface area contributed by atoms with Crippen molar-refractivity contribution in [3.63, 3.8) is 0 Å². The van der Waals surface area contributed by atoms with Crippen molar-refractivity contribution in [1.29, 1.82) is 0 Å². The van der Waals surface area contributed by atoms with Gasteiger partial charge in [0.2, 0.25) is 0 Å². The number of thioether (sulfide) groups is 1. The molecule has 1 saturated heterocycles. The Bertz CT molecular complexity index is 272. The Morgan fingerprint density at radius 3 is 2.13 bits per heavy atom. The molecular formula is C10H20O3SSi. The summed E-state index contributed by atoms with van der Waals surface area (Å²) in [7, 11) is -1.56. The van der Waals surface area contributed by atoms with E-state index < -0.39 is 25.6 Å². The van der Waals surface area contributed by atoms with E-state index in [0.29, 0.717) is 0 Å². The van der Waals surface area contributed by atoms with E-state index in [1.165, 1.54) is 0 Å². The molecule has 1 rings (SSSR count). The predicted molar refractivity (Wildman–Crippen MR) is 65.9 cm³/mol. The van der Waals surface area contributed by atoms with Crippen LogP contribution in [0.3, 0.4) is 0 Å². The Labute approximate surface area is 96.3 Å². The number of hydrogen-bond acceptors (Lipinski definition) is 3. The van der Waals surface area contributed by atoms with Crippen LogP contribution in [0.25, 0.3) is 0 Å². The van der Waals surface area contributed by atoms with E-state index in [4.69, 9.17) is 0 Å². The topological polar surface area (TPSA) is 57.5 Å². The summed E-state index contributed by atoms with van der Waals surface area (Å²) in [5, 5.41) is 19.5. The highest BCUT2D eigenvalue weighted by molar-refractivity contribution is 8.02. The van der Waals surface area contributed by atoms with Gasteiger partial charge in [-0.25, -0.2) is 0 Å². The summed E-state index contributed by atoms with van der Waals surface area (Å²) in [5.41, 5.74) is -1.08. The average molecular weight is 248 g/mol. The Morgan fingerprint density at radius 2 is 1.87 bits per heavy atom. The van der Waals surface area contributed by atoms with Gasteiger partial charge in [-0.1, -0.05) is 26.6 Å². The maximum absolute atomic E-state index is 11.3. The van der Waals surface area contributed by atoms with Gasteiger partial charge < -0.3 is 10.2 Å².